The lowest BCUT2D eigenvalue weighted by molar-refractivity contribution is 0.105. The van der Waals surface area contributed by atoms with Crippen LogP contribution in [-0.2, 0) is 6.42 Å². The lowest BCUT2D eigenvalue weighted by Gasteiger charge is -2.44. The molecule has 1 aliphatic carbocycles. The number of benzene rings is 1. The third-order valence-electron chi connectivity index (χ3n) is 4.74. The monoisotopic (exact) mass is 260 g/mol. The van der Waals surface area contributed by atoms with Crippen molar-refractivity contribution in [3.63, 3.8) is 0 Å². The van der Waals surface area contributed by atoms with Gasteiger partial charge in [-0.3, -0.25) is 0 Å². The summed E-state index contributed by atoms with van der Waals surface area (Å²) < 4.78 is 0. The fraction of sp³-hybridized carbons (Fsp3) is 0.647. The summed E-state index contributed by atoms with van der Waals surface area (Å²) in [6.45, 7) is 3.27. The summed E-state index contributed by atoms with van der Waals surface area (Å²) in [5, 5.41) is 3.75. The van der Waals surface area contributed by atoms with Gasteiger partial charge in [0, 0.05) is 11.6 Å². The Balaban J connectivity index is 2.18. The van der Waals surface area contributed by atoms with Crippen LogP contribution in [0.15, 0.2) is 30.3 Å². The van der Waals surface area contributed by atoms with Gasteiger partial charge in [0.1, 0.15) is 0 Å². The predicted octanol–water partition coefficient (Wildman–Crippen LogP) is 3.08. The molecule has 0 spiro atoms. The number of hydrogen-bond acceptors (Lipinski definition) is 2. The number of rotatable bonds is 6. The maximum Gasteiger partial charge on any atom is 0.0359 e. The van der Waals surface area contributed by atoms with Crippen molar-refractivity contribution < 1.29 is 0 Å². The number of hydrogen-bond donors (Lipinski definition) is 1. The maximum atomic E-state index is 3.75. The topological polar surface area (TPSA) is 15.3 Å². The van der Waals surface area contributed by atoms with Crippen LogP contribution in [0.5, 0.6) is 0 Å². The van der Waals surface area contributed by atoms with E-state index in [9.17, 15) is 0 Å². The molecule has 1 saturated carbocycles. The largest absolute Gasteiger partial charge is 0.312 e. The van der Waals surface area contributed by atoms with E-state index in [-0.39, 0.29) is 0 Å². The molecule has 1 aromatic carbocycles. The van der Waals surface area contributed by atoms with E-state index in [1.807, 2.05) is 0 Å². The molecule has 2 nitrogen and oxygen atoms in total. The van der Waals surface area contributed by atoms with E-state index >= 15 is 0 Å². The predicted molar refractivity (Wildman–Crippen MR) is 82.5 cm³/mol. The van der Waals surface area contributed by atoms with Crippen LogP contribution in [0.4, 0.5) is 0 Å². The zero-order chi connectivity index (χ0) is 13.7. The van der Waals surface area contributed by atoms with Gasteiger partial charge in [-0.2, -0.15) is 0 Å². The van der Waals surface area contributed by atoms with Crippen LogP contribution < -0.4 is 5.32 Å². The standard InChI is InChI=1S/C17H28N2/c1-4-18-16(14-15-10-6-5-7-11-15)17(19(2)3)12-8-9-13-17/h5-7,10-11,16,18H,4,8-9,12-14H2,1-3H3. The lowest BCUT2D eigenvalue weighted by atomic mass is 9.83. The molecule has 1 atom stereocenters. The minimum absolute atomic E-state index is 0.339. The second-order valence-electron chi connectivity index (χ2n) is 6.01. The summed E-state index contributed by atoms with van der Waals surface area (Å²) in [7, 11) is 4.50. The van der Waals surface area contributed by atoms with Crippen molar-refractivity contribution in [2.75, 3.05) is 20.6 Å². The van der Waals surface area contributed by atoms with Crippen molar-refractivity contribution in [1.29, 1.82) is 0 Å². The number of likely N-dealkylation sites (N-methyl/N-ethyl adjacent to an activating group) is 2. The summed E-state index contributed by atoms with van der Waals surface area (Å²) in [6, 6.07) is 11.5. The summed E-state index contributed by atoms with van der Waals surface area (Å²) >= 11 is 0. The molecule has 1 aliphatic rings. The molecule has 1 aromatic rings. The van der Waals surface area contributed by atoms with E-state index in [0.717, 1.165) is 13.0 Å². The molecule has 2 heteroatoms. The average Bonchev–Trinajstić information content (AvgIpc) is 2.90. The molecule has 106 valence electrons. The molecule has 0 aromatic heterocycles. The summed E-state index contributed by atoms with van der Waals surface area (Å²) in [5.41, 5.74) is 1.79. The van der Waals surface area contributed by atoms with Crippen LogP contribution in [0.3, 0.4) is 0 Å². The van der Waals surface area contributed by atoms with Gasteiger partial charge in [0.05, 0.1) is 0 Å². The van der Waals surface area contributed by atoms with Crippen LogP contribution in [0, 0.1) is 0 Å². The van der Waals surface area contributed by atoms with Gasteiger partial charge in [0.15, 0.2) is 0 Å². The van der Waals surface area contributed by atoms with Crippen LogP contribution in [0.2, 0.25) is 0 Å². The number of nitrogens with zero attached hydrogens (tertiary/aromatic N) is 1. The third kappa shape index (κ3) is 3.18. The molecule has 2 rings (SSSR count). The summed E-state index contributed by atoms with van der Waals surface area (Å²) in [6.07, 6.45) is 6.52. The Bertz CT molecular complexity index is 366. The van der Waals surface area contributed by atoms with Crippen LogP contribution >= 0.6 is 0 Å². The molecular weight excluding hydrogens is 232 g/mol. The molecule has 0 aliphatic heterocycles. The van der Waals surface area contributed by atoms with Crippen LogP contribution in [-0.4, -0.2) is 37.1 Å². The molecule has 0 radical (unpaired) electrons. The quantitative estimate of drug-likeness (QED) is 0.845. The highest BCUT2D eigenvalue weighted by Gasteiger charge is 2.42. The van der Waals surface area contributed by atoms with E-state index in [4.69, 9.17) is 0 Å². The molecule has 0 heterocycles. The lowest BCUT2D eigenvalue weighted by Crippen LogP contribution is -2.58. The molecular formula is C17H28N2. The highest BCUT2D eigenvalue weighted by atomic mass is 15.2. The van der Waals surface area contributed by atoms with Gasteiger partial charge >= 0.3 is 0 Å². The van der Waals surface area contributed by atoms with Crippen molar-refractivity contribution in [3.05, 3.63) is 35.9 Å². The van der Waals surface area contributed by atoms with Crippen LogP contribution in [0.25, 0.3) is 0 Å². The zero-order valence-electron chi connectivity index (χ0n) is 12.7. The van der Waals surface area contributed by atoms with Gasteiger partial charge in [-0.15, -0.1) is 0 Å². The first kappa shape index (κ1) is 14.5. The van der Waals surface area contributed by atoms with Crippen molar-refractivity contribution in [2.24, 2.45) is 0 Å². The van der Waals surface area contributed by atoms with Crippen LogP contribution in [0.1, 0.15) is 38.2 Å². The van der Waals surface area contributed by atoms with Gasteiger partial charge in [0.25, 0.3) is 0 Å². The highest BCUT2D eigenvalue weighted by Crippen LogP contribution is 2.37. The molecule has 1 unspecified atom stereocenters. The molecule has 0 amide bonds. The van der Waals surface area contributed by atoms with Gasteiger partial charge in [-0.1, -0.05) is 50.1 Å². The fourth-order valence-corrected chi connectivity index (χ4v) is 3.64. The first-order valence-corrected chi connectivity index (χ1v) is 7.64. The van der Waals surface area contributed by atoms with E-state index in [1.165, 1.54) is 31.2 Å². The zero-order valence-corrected chi connectivity index (χ0v) is 12.7. The first-order chi connectivity index (χ1) is 9.19. The minimum Gasteiger partial charge on any atom is -0.312 e. The molecule has 19 heavy (non-hydrogen) atoms. The minimum atomic E-state index is 0.339. The van der Waals surface area contributed by atoms with Crippen molar-refractivity contribution in [1.82, 2.24) is 10.2 Å². The molecule has 1 fully saturated rings. The van der Waals surface area contributed by atoms with Gasteiger partial charge < -0.3 is 10.2 Å². The fourth-order valence-electron chi connectivity index (χ4n) is 3.64. The Morgan fingerprint density at radius 1 is 1.16 bits per heavy atom. The molecule has 0 bridgehead atoms. The van der Waals surface area contributed by atoms with Gasteiger partial charge in [0.2, 0.25) is 0 Å². The van der Waals surface area contributed by atoms with Crippen molar-refractivity contribution >= 4 is 0 Å². The Labute approximate surface area is 118 Å². The Morgan fingerprint density at radius 3 is 2.32 bits per heavy atom. The van der Waals surface area contributed by atoms with Gasteiger partial charge in [-0.25, -0.2) is 0 Å². The van der Waals surface area contributed by atoms with E-state index in [0.29, 0.717) is 11.6 Å². The summed E-state index contributed by atoms with van der Waals surface area (Å²) in [5.74, 6) is 0. The normalized spacial score (nSPS) is 19.8. The second-order valence-corrected chi connectivity index (χ2v) is 6.01. The van der Waals surface area contributed by atoms with Crippen molar-refractivity contribution in [3.8, 4) is 0 Å². The van der Waals surface area contributed by atoms with E-state index < -0.39 is 0 Å². The maximum absolute atomic E-state index is 3.75. The van der Waals surface area contributed by atoms with E-state index in [1.54, 1.807) is 0 Å². The van der Waals surface area contributed by atoms with Crippen molar-refractivity contribution in [2.45, 2.75) is 50.6 Å². The Morgan fingerprint density at radius 2 is 1.79 bits per heavy atom. The molecule has 1 N–H and O–H groups in total. The SMILES string of the molecule is CCNC(Cc1ccccc1)C1(N(C)C)CCCC1. The Hall–Kier alpha value is -0.860. The first-order valence-electron chi connectivity index (χ1n) is 7.64. The number of nitrogens with one attached hydrogen (secondary N) is 1. The Kier molecular flexibility index (Phi) is 5.00. The molecule has 0 saturated heterocycles. The van der Waals surface area contributed by atoms with E-state index in [2.05, 4.69) is 61.6 Å². The third-order valence-corrected chi connectivity index (χ3v) is 4.74. The summed E-state index contributed by atoms with van der Waals surface area (Å²) in [4.78, 5) is 2.47. The average molecular weight is 260 g/mol. The second kappa shape index (κ2) is 6.53. The smallest absolute Gasteiger partial charge is 0.0359 e. The van der Waals surface area contributed by atoms with Gasteiger partial charge in [-0.05, 0) is 45.5 Å². The highest BCUT2D eigenvalue weighted by molar-refractivity contribution is 5.18.